The van der Waals surface area contributed by atoms with Gasteiger partial charge in [-0.3, -0.25) is 0 Å². The number of benzene rings is 1. The van der Waals surface area contributed by atoms with E-state index in [0.29, 0.717) is 6.61 Å². The molecule has 2 rings (SSSR count). The quantitative estimate of drug-likeness (QED) is 0.906. The van der Waals surface area contributed by atoms with Crippen LogP contribution in [-0.2, 0) is 0 Å². The lowest BCUT2D eigenvalue weighted by atomic mass is 9.95. The van der Waals surface area contributed by atoms with Crippen LogP contribution in [0, 0.1) is 0 Å². The zero-order chi connectivity index (χ0) is 13.7. The van der Waals surface area contributed by atoms with E-state index in [-0.39, 0.29) is 5.54 Å². The number of nitrogens with zero attached hydrogens (tertiary/aromatic N) is 1. The van der Waals surface area contributed by atoms with E-state index in [1.54, 1.807) is 0 Å². The summed E-state index contributed by atoms with van der Waals surface area (Å²) in [5.41, 5.74) is 1.39. The number of para-hydroxylation sites is 2. The first-order valence-electron chi connectivity index (χ1n) is 7.35. The Labute approximate surface area is 116 Å². The fraction of sp³-hybridized carbons (Fsp3) is 0.625. The van der Waals surface area contributed by atoms with Crippen molar-refractivity contribution in [3.05, 3.63) is 24.3 Å². The largest absolute Gasteiger partial charge is 0.492 e. The van der Waals surface area contributed by atoms with Gasteiger partial charge in [-0.1, -0.05) is 12.1 Å². The molecule has 19 heavy (non-hydrogen) atoms. The Morgan fingerprint density at radius 1 is 1.26 bits per heavy atom. The van der Waals surface area contributed by atoms with E-state index >= 15 is 0 Å². The Balaban J connectivity index is 2.30. The van der Waals surface area contributed by atoms with Gasteiger partial charge in [0.1, 0.15) is 5.75 Å². The predicted molar refractivity (Wildman–Crippen MR) is 81.1 cm³/mol. The summed E-state index contributed by atoms with van der Waals surface area (Å²) in [4.78, 5) is 2.51. The van der Waals surface area contributed by atoms with Gasteiger partial charge in [0.15, 0.2) is 0 Å². The molecule has 0 atom stereocenters. The summed E-state index contributed by atoms with van der Waals surface area (Å²) in [5, 5.41) is 3.50. The molecule has 1 heterocycles. The second-order valence-electron chi connectivity index (χ2n) is 5.72. The Morgan fingerprint density at radius 2 is 2.05 bits per heavy atom. The topological polar surface area (TPSA) is 24.5 Å². The molecule has 0 spiro atoms. The first-order chi connectivity index (χ1) is 9.15. The molecule has 106 valence electrons. The van der Waals surface area contributed by atoms with Crippen LogP contribution < -0.4 is 15.0 Å². The average molecular weight is 262 g/mol. The van der Waals surface area contributed by atoms with Gasteiger partial charge in [0, 0.05) is 12.1 Å². The third kappa shape index (κ3) is 3.41. The van der Waals surface area contributed by atoms with Crippen molar-refractivity contribution in [2.75, 3.05) is 31.1 Å². The van der Waals surface area contributed by atoms with Crippen LogP contribution in [0.5, 0.6) is 5.75 Å². The minimum Gasteiger partial charge on any atom is -0.492 e. The molecule has 1 aromatic carbocycles. The summed E-state index contributed by atoms with van der Waals surface area (Å²) in [6.07, 6.45) is 2.32. The molecule has 1 saturated heterocycles. The summed E-state index contributed by atoms with van der Waals surface area (Å²) >= 11 is 0. The number of rotatable bonds is 3. The SMILES string of the molecule is CCOc1ccccc1N1CCCNCCC1(C)C. The number of hydrogen-bond acceptors (Lipinski definition) is 3. The lowest BCUT2D eigenvalue weighted by Gasteiger charge is -2.42. The summed E-state index contributed by atoms with van der Waals surface area (Å²) in [7, 11) is 0. The molecule has 0 bridgehead atoms. The van der Waals surface area contributed by atoms with Gasteiger partial charge in [0.2, 0.25) is 0 Å². The zero-order valence-corrected chi connectivity index (χ0v) is 12.4. The summed E-state index contributed by atoms with van der Waals surface area (Å²) in [6, 6.07) is 8.41. The van der Waals surface area contributed by atoms with Crippen LogP contribution in [-0.4, -0.2) is 31.8 Å². The molecule has 0 saturated carbocycles. The van der Waals surface area contributed by atoms with Crippen LogP contribution in [0.25, 0.3) is 0 Å². The lowest BCUT2D eigenvalue weighted by molar-refractivity contribution is 0.332. The first-order valence-corrected chi connectivity index (χ1v) is 7.35. The van der Waals surface area contributed by atoms with E-state index in [0.717, 1.165) is 31.8 Å². The zero-order valence-electron chi connectivity index (χ0n) is 12.4. The van der Waals surface area contributed by atoms with Crippen molar-refractivity contribution >= 4 is 5.69 Å². The van der Waals surface area contributed by atoms with Crippen LogP contribution in [0.3, 0.4) is 0 Å². The van der Waals surface area contributed by atoms with Gasteiger partial charge >= 0.3 is 0 Å². The number of ether oxygens (including phenoxy) is 1. The van der Waals surface area contributed by atoms with Crippen LogP contribution in [0.2, 0.25) is 0 Å². The highest BCUT2D eigenvalue weighted by atomic mass is 16.5. The summed E-state index contributed by atoms with van der Waals surface area (Å²) < 4.78 is 5.80. The molecule has 1 N–H and O–H groups in total. The second-order valence-corrected chi connectivity index (χ2v) is 5.72. The molecule has 0 aromatic heterocycles. The van der Waals surface area contributed by atoms with E-state index in [4.69, 9.17) is 4.74 Å². The van der Waals surface area contributed by atoms with Gasteiger partial charge in [-0.25, -0.2) is 0 Å². The third-order valence-electron chi connectivity index (χ3n) is 3.84. The molecule has 0 amide bonds. The van der Waals surface area contributed by atoms with Gasteiger partial charge in [-0.05, 0) is 58.8 Å². The highest BCUT2D eigenvalue weighted by molar-refractivity contribution is 5.60. The van der Waals surface area contributed by atoms with Crippen molar-refractivity contribution in [1.29, 1.82) is 0 Å². The molecule has 3 nitrogen and oxygen atoms in total. The maximum Gasteiger partial charge on any atom is 0.142 e. The van der Waals surface area contributed by atoms with E-state index in [9.17, 15) is 0 Å². The van der Waals surface area contributed by atoms with Crippen LogP contribution >= 0.6 is 0 Å². The van der Waals surface area contributed by atoms with E-state index < -0.39 is 0 Å². The minimum atomic E-state index is 0.153. The highest BCUT2D eigenvalue weighted by Crippen LogP contribution is 2.34. The van der Waals surface area contributed by atoms with E-state index in [2.05, 4.69) is 42.3 Å². The fourth-order valence-electron chi connectivity index (χ4n) is 2.72. The molecule has 1 fully saturated rings. The Morgan fingerprint density at radius 3 is 2.84 bits per heavy atom. The van der Waals surface area contributed by atoms with Gasteiger partial charge in [0.25, 0.3) is 0 Å². The first kappa shape index (κ1) is 14.2. The van der Waals surface area contributed by atoms with Gasteiger partial charge < -0.3 is 15.0 Å². The van der Waals surface area contributed by atoms with Gasteiger partial charge in [-0.2, -0.15) is 0 Å². The lowest BCUT2D eigenvalue weighted by Crippen LogP contribution is -2.49. The highest BCUT2D eigenvalue weighted by Gasteiger charge is 2.29. The second kappa shape index (κ2) is 6.29. The predicted octanol–water partition coefficient (Wildman–Crippen LogP) is 3.05. The summed E-state index contributed by atoms with van der Waals surface area (Å²) in [5.74, 6) is 1.01. The van der Waals surface area contributed by atoms with Gasteiger partial charge in [0.05, 0.1) is 12.3 Å². The molecule has 3 heteroatoms. The maximum absolute atomic E-state index is 5.80. The number of nitrogens with one attached hydrogen (secondary N) is 1. The Kier molecular flexibility index (Phi) is 4.70. The molecule has 1 aromatic rings. The van der Waals surface area contributed by atoms with Crippen LogP contribution in [0.1, 0.15) is 33.6 Å². The molecule has 0 aliphatic carbocycles. The molecule has 1 aliphatic heterocycles. The molecule has 0 unspecified atom stereocenters. The number of anilines is 1. The summed E-state index contributed by atoms with van der Waals surface area (Å²) in [6.45, 7) is 10.7. The minimum absolute atomic E-state index is 0.153. The van der Waals surface area contributed by atoms with Crippen LogP contribution in [0.15, 0.2) is 24.3 Å². The van der Waals surface area contributed by atoms with E-state index in [1.807, 2.05) is 13.0 Å². The van der Waals surface area contributed by atoms with E-state index in [1.165, 1.54) is 12.1 Å². The molecular weight excluding hydrogens is 236 g/mol. The third-order valence-corrected chi connectivity index (χ3v) is 3.84. The standard InChI is InChI=1S/C16H26N2O/c1-4-19-15-9-6-5-8-14(15)18-13-7-11-17-12-10-16(18,2)3/h5-6,8-9,17H,4,7,10-13H2,1-3H3. The molecule has 1 aliphatic rings. The smallest absolute Gasteiger partial charge is 0.142 e. The maximum atomic E-state index is 5.80. The fourth-order valence-corrected chi connectivity index (χ4v) is 2.72. The monoisotopic (exact) mass is 262 g/mol. The van der Waals surface area contributed by atoms with Crippen molar-refractivity contribution in [2.45, 2.75) is 39.2 Å². The van der Waals surface area contributed by atoms with Crippen molar-refractivity contribution in [3.63, 3.8) is 0 Å². The van der Waals surface area contributed by atoms with Crippen molar-refractivity contribution in [3.8, 4) is 5.75 Å². The Bertz CT molecular complexity index is 403. The molecular formula is C16H26N2O. The normalized spacial score (nSPS) is 19.6. The van der Waals surface area contributed by atoms with Crippen molar-refractivity contribution < 1.29 is 4.74 Å². The van der Waals surface area contributed by atoms with Gasteiger partial charge in [-0.15, -0.1) is 0 Å². The number of hydrogen-bond donors (Lipinski definition) is 1. The van der Waals surface area contributed by atoms with Crippen LogP contribution in [0.4, 0.5) is 5.69 Å². The molecule has 0 radical (unpaired) electrons. The Hall–Kier alpha value is -1.22. The van der Waals surface area contributed by atoms with Crippen molar-refractivity contribution in [2.24, 2.45) is 0 Å². The van der Waals surface area contributed by atoms with Crippen molar-refractivity contribution in [1.82, 2.24) is 5.32 Å². The average Bonchev–Trinajstić information content (AvgIpc) is 2.37.